The van der Waals surface area contributed by atoms with Crippen molar-refractivity contribution < 1.29 is 0 Å². The van der Waals surface area contributed by atoms with Crippen LogP contribution in [0.2, 0.25) is 0 Å². The molecule has 0 atom stereocenters. The molecular formula is C34H35N3. The molecule has 0 aliphatic heterocycles. The molecular weight excluding hydrogens is 450 g/mol. The highest BCUT2D eigenvalue weighted by Crippen LogP contribution is 2.27. The van der Waals surface area contributed by atoms with Crippen LogP contribution < -0.4 is 0 Å². The van der Waals surface area contributed by atoms with Crippen molar-refractivity contribution in [3.63, 3.8) is 0 Å². The van der Waals surface area contributed by atoms with Crippen molar-refractivity contribution in [2.45, 2.75) is 34.6 Å². The molecule has 1 heterocycles. The zero-order valence-corrected chi connectivity index (χ0v) is 22.5. The van der Waals surface area contributed by atoms with Crippen LogP contribution >= 0.6 is 0 Å². The smallest absolute Gasteiger partial charge is 0.164 e. The summed E-state index contributed by atoms with van der Waals surface area (Å²) in [7, 11) is 0. The van der Waals surface area contributed by atoms with Crippen LogP contribution in [0, 0.1) is 0 Å². The number of hydrogen-bond donors (Lipinski definition) is 0. The average molecular weight is 486 g/mol. The highest BCUT2D eigenvalue weighted by atomic mass is 15.0. The molecule has 0 radical (unpaired) electrons. The van der Waals surface area contributed by atoms with Crippen molar-refractivity contribution in [3.8, 4) is 22.8 Å². The fraction of sp³-hybridized carbons (Fsp3) is 0.147. The van der Waals surface area contributed by atoms with Gasteiger partial charge in [0.15, 0.2) is 17.5 Å². The topological polar surface area (TPSA) is 38.7 Å². The van der Waals surface area contributed by atoms with E-state index in [-0.39, 0.29) is 0 Å². The molecule has 3 nitrogen and oxygen atoms in total. The van der Waals surface area contributed by atoms with Crippen LogP contribution in [0.4, 0.5) is 0 Å². The number of rotatable bonds is 9. The van der Waals surface area contributed by atoms with E-state index in [9.17, 15) is 0 Å². The van der Waals surface area contributed by atoms with Crippen LogP contribution in [-0.4, -0.2) is 15.0 Å². The maximum atomic E-state index is 4.87. The highest BCUT2D eigenvalue weighted by molar-refractivity contribution is 5.79. The lowest BCUT2D eigenvalue weighted by Crippen LogP contribution is -2.02. The maximum absolute atomic E-state index is 4.87. The first-order valence-electron chi connectivity index (χ1n) is 12.5. The molecule has 0 bridgehead atoms. The Labute approximate surface area is 221 Å². The molecule has 0 unspecified atom stereocenters. The Hall–Kier alpha value is -4.37. The van der Waals surface area contributed by atoms with Crippen LogP contribution in [0.3, 0.4) is 0 Å². The molecule has 0 aliphatic rings. The van der Waals surface area contributed by atoms with Gasteiger partial charge in [0.1, 0.15) is 0 Å². The summed E-state index contributed by atoms with van der Waals surface area (Å²) in [6.07, 6.45) is 14.2. The highest BCUT2D eigenvalue weighted by Gasteiger charge is 2.13. The van der Waals surface area contributed by atoms with Crippen molar-refractivity contribution in [3.05, 3.63) is 138 Å². The summed E-state index contributed by atoms with van der Waals surface area (Å²) in [5.41, 5.74) is 8.16. The van der Waals surface area contributed by atoms with Gasteiger partial charge in [-0.25, -0.2) is 15.0 Å². The molecule has 0 spiro atoms. The predicted molar refractivity (Wildman–Crippen MR) is 160 cm³/mol. The molecule has 0 saturated carbocycles. The van der Waals surface area contributed by atoms with Crippen molar-refractivity contribution in [2.75, 3.05) is 0 Å². The Bertz CT molecular complexity index is 1430. The van der Waals surface area contributed by atoms with Crippen molar-refractivity contribution in [1.29, 1.82) is 0 Å². The first-order chi connectivity index (χ1) is 17.9. The number of aromatic nitrogens is 3. The van der Waals surface area contributed by atoms with Gasteiger partial charge in [-0.2, -0.15) is 0 Å². The van der Waals surface area contributed by atoms with Gasteiger partial charge in [0.25, 0.3) is 0 Å². The Balaban J connectivity index is 2.11. The van der Waals surface area contributed by atoms with Gasteiger partial charge in [-0.3, -0.25) is 0 Å². The Morgan fingerprint density at radius 3 is 2.03 bits per heavy atom. The minimum atomic E-state index is 0.639. The number of nitrogens with zero attached hydrogens (tertiary/aromatic N) is 3. The van der Waals surface area contributed by atoms with Crippen LogP contribution in [0.1, 0.15) is 46.0 Å². The van der Waals surface area contributed by atoms with E-state index >= 15 is 0 Å². The summed E-state index contributed by atoms with van der Waals surface area (Å²) in [5, 5.41) is 0. The second kappa shape index (κ2) is 13.1. The minimum Gasteiger partial charge on any atom is -0.208 e. The van der Waals surface area contributed by atoms with E-state index in [2.05, 4.69) is 44.4 Å². The molecule has 1 aromatic heterocycles. The largest absolute Gasteiger partial charge is 0.208 e. The van der Waals surface area contributed by atoms with Gasteiger partial charge in [-0.15, -0.1) is 0 Å². The fourth-order valence-corrected chi connectivity index (χ4v) is 3.77. The Morgan fingerprint density at radius 2 is 1.41 bits per heavy atom. The monoisotopic (exact) mass is 485 g/mol. The summed E-state index contributed by atoms with van der Waals surface area (Å²) >= 11 is 0. The summed E-state index contributed by atoms with van der Waals surface area (Å²) in [6.45, 7) is 18.2. The second-order valence-corrected chi connectivity index (χ2v) is 8.69. The van der Waals surface area contributed by atoms with E-state index in [1.807, 2.05) is 101 Å². The first-order valence-corrected chi connectivity index (χ1v) is 12.5. The molecule has 0 amide bonds. The number of allylic oxidation sites excluding steroid dienone is 12. The van der Waals surface area contributed by atoms with Gasteiger partial charge in [0, 0.05) is 16.7 Å². The van der Waals surface area contributed by atoms with Gasteiger partial charge < -0.3 is 0 Å². The molecule has 3 rings (SSSR count). The van der Waals surface area contributed by atoms with Crippen LogP contribution in [-0.2, 0) is 0 Å². The zero-order chi connectivity index (χ0) is 26.8. The molecule has 0 aliphatic carbocycles. The summed E-state index contributed by atoms with van der Waals surface area (Å²) in [6, 6.07) is 18.3. The molecule has 2 aromatic carbocycles. The maximum Gasteiger partial charge on any atom is 0.164 e. The molecule has 0 saturated heterocycles. The van der Waals surface area contributed by atoms with E-state index in [4.69, 9.17) is 15.0 Å². The van der Waals surface area contributed by atoms with Gasteiger partial charge in [0.05, 0.1) is 0 Å². The average Bonchev–Trinajstić information content (AvgIpc) is 2.94. The SMILES string of the molecule is C=C/C(C)=C\C(=C)/C(C)=C/C(=C\C)c1cccc(-c2nc(C(/C=C\C)=C/C)nc(-c3ccccc3)n2)c1. The molecule has 3 heteroatoms. The van der Waals surface area contributed by atoms with E-state index < -0.39 is 0 Å². The molecule has 186 valence electrons. The van der Waals surface area contributed by atoms with Crippen LogP contribution in [0.15, 0.2) is 127 Å². The second-order valence-electron chi connectivity index (χ2n) is 8.69. The first kappa shape index (κ1) is 27.2. The zero-order valence-electron chi connectivity index (χ0n) is 22.5. The molecule has 37 heavy (non-hydrogen) atoms. The molecule has 0 fully saturated rings. The third-order valence-electron chi connectivity index (χ3n) is 5.95. The molecule has 0 N–H and O–H groups in total. The number of hydrogen-bond acceptors (Lipinski definition) is 3. The third-order valence-corrected chi connectivity index (χ3v) is 5.95. The van der Waals surface area contributed by atoms with Crippen LogP contribution in [0.5, 0.6) is 0 Å². The van der Waals surface area contributed by atoms with E-state index in [1.54, 1.807) is 0 Å². The number of benzene rings is 2. The van der Waals surface area contributed by atoms with E-state index in [0.717, 1.165) is 44.6 Å². The Morgan fingerprint density at radius 1 is 0.757 bits per heavy atom. The van der Waals surface area contributed by atoms with Crippen LogP contribution in [0.25, 0.3) is 33.9 Å². The van der Waals surface area contributed by atoms with Gasteiger partial charge in [-0.1, -0.05) is 110 Å². The van der Waals surface area contributed by atoms with E-state index in [1.165, 1.54) is 0 Å². The van der Waals surface area contributed by atoms with Crippen molar-refractivity contribution >= 4 is 11.1 Å². The lowest BCUT2D eigenvalue weighted by atomic mass is 9.98. The summed E-state index contributed by atoms with van der Waals surface area (Å²) in [4.78, 5) is 14.5. The quantitative estimate of drug-likeness (QED) is 0.284. The summed E-state index contributed by atoms with van der Waals surface area (Å²) in [5.74, 6) is 1.94. The standard InChI is InChI=1S/C34H35N3/c1-8-16-27(10-3)32-35-33(29-17-13-12-14-18-29)37-34(36-32)31-20-15-19-30(23-31)28(11-4)22-26(7)25(6)21-24(5)9-2/h8-23H,2,6H2,1,3-5,7H3/b16-8-,24-21-,26-22+,27-10+,28-11+. The lowest BCUT2D eigenvalue weighted by Gasteiger charge is -2.11. The van der Waals surface area contributed by atoms with Gasteiger partial charge in [-0.05, 0) is 63.0 Å². The van der Waals surface area contributed by atoms with E-state index in [0.29, 0.717) is 17.5 Å². The van der Waals surface area contributed by atoms with Crippen molar-refractivity contribution in [1.82, 2.24) is 15.0 Å². The predicted octanol–water partition coefficient (Wildman–Crippen LogP) is 9.22. The van der Waals surface area contributed by atoms with Gasteiger partial charge in [0.2, 0.25) is 0 Å². The summed E-state index contributed by atoms with van der Waals surface area (Å²) < 4.78 is 0. The lowest BCUT2D eigenvalue weighted by molar-refractivity contribution is 1.04. The third kappa shape index (κ3) is 7.08. The van der Waals surface area contributed by atoms with Gasteiger partial charge >= 0.3 is 0 Å². The van der Waals surface area contributed by atoms with Crippen molar-refractivity contribution in [2.24, 2.45) is 0 Å². The normalized spacial score (nSPS) is 13.2. The Kier molecular flexibility index (Phi) is 9.62. The molecule has 3 aromatic rings. The minimum absolute atomic E-state index is 0.639. The fourth-order valence-electron chi connectivity index (χ4n) is 3.77.